The number of para-hydroxylation sites is 1. The number of anilines is 1. The first kappa shape index (κ1) is 16.0. The molecule has 1 aromatic rings. The van der Waals surface area contributed by atoms with Crippen molar-refractivity contribution in [2.45, 2.75) is 33.2 Å². The molecule has 0 bridgehead atoms. The summed E-state index contributed by atoms with van der Waals surface area (Å²) in [4.78, 5) is 13.6. The lowest BCUT2D eigenvalue weighted by Gasteiger charge is -2.38. The molecule has 1 amide bonds. The van der Waals surface area contributed by atoms with Crippen LogP contribution in [0.2, 0.25) is 0 Å². The molecule has 1 fully saturated rings. The molecule has 4 nitrogen and oxygen atoms in total. The zero-order valence-corrected chi connectivity index (χ0v) is 13.4. The van der Waals surface area contributed by atoms with E-state index in [2.05, 4.69) is 35.6 Å². The molecule has 0 aliphatic carbocycles. The first-order valence-electron chi connectivity index (χ1n) is 7.73. The fourth-order valence-electron chi connectivity index (χ4n) is 2.82. The lowest BCUT2D eigenvalue weighted by molar-refractivity contribution is -0.114. The monoisotopic (exact) mass is 289 g/mol. The van der Waals surface area contributed by atoms with Crippen molar-refractivity contribution in [3.63, 3.8) is 0 Å². The normalized spacial score (nSPS) is 18.4. The maximum Gasteiger partial charge on any atom is 0.221 e. The quantitative estimate of drug-likeness (QED) is 0.875. The van der Waals surface area contributed by atoms with Crippen LogP contribution in [0.4, 0.5) is 5.69 Å². The Morgan fingerprint density at radius 3 is 2.62 bits per heavy atom. The Morgan fingerprint density at radius 2 is 1.95 bits per heavy atom. The van der Waals surface area contributed by atoms with Gasteiger partial charge in [-0.15, -0.1) is 0 Å². The Labute approximate surface area is 127 Å². The fraction of sp³-hybridized carbons (Fsp3) is 0.588. The van der Waals surface area contributed by atoms with Crippen LogP contribution >= 0.6 is 0 Å². The largest absolute Gasteiger partial charge is 0.326 e. The zero-order chi connectivity index (χ0) is 15.3. The first-order chi connectivity index (χ1) is 9.98. The lowest BCUT2D eigenvalue weighted by atomic mass is 9.80. The molecular formula is C17H27N3O. The molecule has 0 spiro atoms. The maximum atomic E-state index is 11.2. The summed E-state index contributed by atoms with van der Waals surface area (Å²) in [6.07, 6.45) is 2.48. The Kier molecular flexibility index (Phi) is 5.37. The van der Waals surface area contributed by atoms with Crippen LogP contribution in [0.1, 0.15) is 32.3 Å². The highest BCUT2D eigenvalue weighted by Crippen LogP contribution is 2.29. The van der Waals surface area contributed by atoms with Gasteiger partial charge >= 0.3 is 0 Å². The topological polar surface area (TPSA) is 44.4 Å². The lowest BCUT2D eigenvalue weighted by Crippen LogP contribution is -2.41. The number of nitrogens with zero attached hydrogens (tertiary/aromatic N) is 1. The second kappa shape index (κ2) is 7.05. The minimum absolute atomic E-state index is 0.0234. The maximum absolute atomic E-state index is 11.2. The fourth-order valence-corrected chi connectivity index (χ4v) is 2.82. The molecular weight excluding hydrogens is 262 g/mol. The van der Waals surface area contributed by atoms with Gasteiger partial charge in [-0.25, -0.2) is 0 Å². The van der Waals surface area contributed by atoms with E-state index in [0.29, 0.717) is 5.41 Å². The summed E-state index contributed by atoms with van der Waals surface area (Å²) < 4.78 is 0. The highest BCUT2D eigenvalue weighted by atomic mass is 16.1. The van der Waals surface area contributed by atoms with Crippen LogP contribution in [0.25, 0.3) is 0 Å². The molecule has 0 radical (unpaired) electrons. The van der Waals surface area contributed by atoms with Crippen molar-refractivity contribution < 1.29 is 4.79 Å². The van der Waals surface area contributed by atoms with Crippen molar-refractivity contribution in [1.82, 2.24) is 10.2 Å². The van der Waals surface area contributed by atoms with E-state index in [0.717, 1.165) is 24.3 Å². The van der Waals surface area contributed by atoms with Gasteiger partial charge in [0.2, 0.25) is 5.91 Å². The molecule has 1 aromatic carbocycles. The standard InChI is InChI=1S/C17H27N3O/c1-14(21)19-16-7-5-4-6-15(16)12-18-13-17(2)8-10-20(3)11-9-17/h4-7,18H,8-13H2,1-3H3,(H,19,21). The summed E-state index contributed by atoms with van der Waals surface area (Å²) in [5.74, 6) is -0.0234. The minimum Gasteiger partial charge on any atom is -0.326 e. The van der Waals surface area contributed by atoms with E-state index in [1.165, 1.54) is 25.9 Å². The van der Waals surface area contributed by atoms with Gasteiger partial charge in [-0.3, -0.25) is 4.79 Å². The van der Waals surface area contributed by atoms with Gasteiger partial charge in [0.15, 0.2) is 0 Å². The molecule has 0 unspecified atom stereocenters. The summed E-state index contributed by atoms with van der Waals surface area (Å²) >= 11 is 0. The number of amides is 1. The van der Waals surface area contributed by atoms with Gasteiger partial charge in [0, 0.05) is 25.7 Å². The van der Waals surface area contributed by atoms with Crippen molar-refractivity contribution in [2.24, 2.45) is 5.41 Å². The number of carbonyl (C=O) groups is 1. The summed E-state index contributed by atoms with van der Waals surface area (Å²) in [5, 5.41) is 6.46. The number of hydrogen-bond donors (Lipinski definition) is 2. The van der Waals surface area contributed by atoms with Gasteiger partial charge in [0.1, 0.15) is 0 Å². The first-order valence-corrected chi connectivity index (χ1v) is 7.73. The van der Waals surface area contributed by atoms with Crippen LogP contribution in [0.15, 0.2) is 24.3 Å². The average molecular weight is 289 g/mol. The molecule has 4 heteroatoms. The molecule has 21 heavy (non-hydrogen) atoms. The highest BCUT2D eigenvalue weighted by Gasteiger charge is 2.28. The third-order valence-corrected chi connectivity index (χ3v) is 4.39. The van der Waals surface area contributed by atoms with E-state index in [-0.39, 0.29) is 5.91 Å². The van der Waals surface area contributed by atoms with Crippen LogP contribution in [-0.2, 0) is 11.3 Å². The van der Waals surface area contributed by atoms with Crippen molar-refractivity contribution >= 4 is 11.6 Å². The predicted octanol–water partition coefficient (Wildman–Crippen LogP) is 2.47. The molecule has 0 aromatic heterocycles. The molecule has 2 rings (SSSR count). The van der Waals surface area contributed by atoms with Crippen molar-refractivity contribution in [1.29, 1.82) is 0 Å². The number of hydrogen-bond acceptors (Lipinski definition) is 3. The third kappa shape index (κ3) is 4.83. The third-order valence-electron chi connectivity index (χ3n) is 4.39. The summed E-state index contributed by atoms with van der Waals surface area (Å²) in [7, 11) is 2.19. The smallest absolute Gasteiger partial charge is 0.221 e. The van der Waals surface area contributed by atoms with E-state index in [1.807, 2.05) is 18.2 Å². The number of carbonyl (C=O) groups excluding carboxylic acids is 1. The molecule has 2 N–H and O–H groups in total. The predicted molar refractivity (Wildman–Crippen MR) is 87.3 cm³/mol. The number of rotatable bonds is 5. The number of likely N-dealkylation sites (tertiary alicyclic amines) is 1. The van der Waals surface area contributed by atoms with Gasteiger partial charge in [0.25, 0.3) is 0 Å². The Balaban J connectivity index is 1.87. The molecule has 1 heterocycles. The molecule has 0 saturated carbocycles. The molecule has 1 saturated heterocycles. The van der Waals surface area contributed by atoms with Gasteiger partial charge in [-0.1, -0.05) is 25.1 Å². The zero-order valence-electron chi connectivity index (χ0n) is 13.4. The van der Waals surface area contributed by atoms with Crippen LogP contribution in [0.3, 0.4) is 0 Å². The van der Waals surface area contributed by atoms with Crippen LogP contribution < -0.4 is 10.6 Å². The van der Waals surface area contributed by atoms with Crippen LogP contribution in [0, 0.1) is 5.41 Å². The van der Waals surface area contributed by atoms with E-state index in [1.54, 1.807) is 6.92 Å². The summed E-state index contributed by atoms with van der Waals surface area (Å²) in [6, 6.07) is 7.98. The van der Waals surface area contributed by atoms with Crippen LogP contribution in [0.5, 0.6) is 0 Å². The second-order valence-corrected chi connectivity index (χ2v) is 6.56. The van der Waals surface area contributed by atoms with Crippen LogP contribution in [-0.4, -0.2) is 37.5 Å². The van der Waals surface area contributed by atoms with E-state index in [9.17, 15) is 4.79 Å². The highest BCUT2D eigenvalue weighted by molar-refractivity contribution is 5.89. The van der Waals surface area contributed by atoms with E-state index >= 15 is 0 Å². The second-order valence-electron chi connectivity index (χ2n) is 6.56. The Morgan fingerprint density at radius 1 is 1.29 bits per heavy atom. The van der Waals surface area contributed by atoms with Gasteiger partial charge in [-0.2, -0.15) is 0 Å². The van der Waals surface area contributed by atoms with Gasteiger partial charge in [0.05, 0.1) is 0 Å². The average Bonchev–Trinajstić information content (AvgIpc) is 2.44. The van der Waals surface area contributed by atoms with Crippen molar-refractivity contribution in [3.8, 4) is 0 Å². The molecule has 1 aliphatic heterocycles. The summed E-state index contributed by atoms with van der Waals surface area (Å²) in [6.45, 7) is 8.09. The summed E-state index contributed by atoms with van der Waals surface area (Å²) in [5.41, 5.74) is 2.44. The van der Waals surface area contributed by atoms with Crippen molar-refractivity contribution in [2.75, 3.05) is 32.0 Å². The molecule has 1 aliphatic rings. The SMILES string of the molecule is CC(=O)Nc1ccccc1CNCC1(C)CCN(C)CC1. The molecule has 116 valence electrons. The Hall–Kier alpha value is -1.39. The minimum atomic E-state index is -0.0234. The number of piperidine rings is 1. The van der Waals surface area contributed by atoms with E-state index in [4.69, 9.17) is 0 Å². The van der Waals surface area contributed by atoms with Gasteiger partial charge in [-0.05, 0) is 50.0 Å². The van der Waals surface area contributed by atoms with Gasteiger partial charge < -0.3 is 15.5 Å². The Bertz CT molecular complexity index is 479. The number of nitrogens with one attached hydrogen (secondary N) is 2. The van der Waals surface area contributed by atoms with Crippen molar-refractivity contribution in [3.05, 3.63) is 29.8 Å². The molecule has 0 atom stereocenters. The van der Waals surface area contributed by atoms with E-state index < -0.39 is 0 Å². The number of benzene rings is 1.